The van der Waals surface area contributed by atoms with Crippen molar-refractivity contribution in [1.82, 2.24) is 9.62 Å². The predicted octanol–water partition coefficient (Wildman–Crippen LogP) is 2.40. The summed E-state index contributed by atoms with van der Waals surface area (Å²) in [6.07, 6.45) is 2.64. The van der Waals surface area contributed by atoms with E-state index >= 15 is 0 Å². The Morgan fingerprint density at radius 2 is 1.88 bits per heavy atom. The number of hydrogen-bond donors (Lipinski definition) is 1. The number of nitrogens with zero attached hydrogens (tertiary/aromatic N) is 1. The van der Waals surface area contributed by atoms with Crippen LogP contribution in [0.15, 0.2) is 29.2 Å². The Morgan fingerprint density at radius 1 is 1.28 bits per heavy atom. The van der Waals surface area contributed by atoms with Crippen LogP contribution in [-0.4, -0.2) is 44.4 Å². The fourth-order valence-corrected chi connectivity index (χ4v) is 4.12. The molecule has 1 aromatic rings. The molecular weight excluding hydrogens is 340 g/mol. The van der Waals surface area contributed by atoms with Crippen molar-refractivity contribution >= 4 is 15.9 Å². The third kappa shape index (κ3) is 5.44. The van der Waals surface area contributed by atoms with Gasteiger partial charge in [0.1, 0.15) is 5.75 Å². The number of sulfonamides is 1. The second kappa shape index (κ2) is 8.67. The van der Waals surface area contributed by atoms with Gasteiger partial charge in [0.25, 0.3) is 5.91 Å². The standard InChI is InChI=1S/C18H28N2O4S/c1-4-15(3)19-18(21)13-24-16-5-7-17(8-6-16)25(22,23)20-11-9-14(2)10-12-20/h5-8,14-15H,4,9-13H2,1-3H3,(H,19,21)/t15-/m0/s1. The number of piperidine rings is 1. The average Bonchev–Trinajstić information content (AvgIpc) is 2.60. The van der Waals surface area contributed by atoms with Gasteiger partial charge in [-0.15, -0.1) is 0 Å². The molecule has 1 aliphatic rings. The van der Waals surface area contributed by atoms with E-state index in [1.54, 1.807) is 16.4 Å². The van der Waals surface area contributed by atoms with Crippen LogP contribution in [0, 0.1) is 5.92 Å². The third-order valence-corrected chi connectivity index (χ3v) is 6.51. The summed E-state index contributed by atoms with van der Waals surface area (Å²) in [4.78, 5) is 12.0. The van der Waals surface area contributed by atoms with E-state index in [0.29, 0.717) is 24.8 Å². The summed E-state index contributed by atoms with van der Waals surface area (Å²) in [7, 11) is -3.45. The summed E-state index contributed by atoms with van der Waals surface area (Å²) in [6.45, 7) is 7.12. The monoisotopic (exact) mass is 368 g/mol. The van der Waals surface area contributed by atoms with E-state index in [2.05, 4.69) is 12.2 Å². The van der Waals surface area contributed by atoms with Crippen molar-refractivity contribution in [3.05, 3.63) is 24.3 Å². The topological polar surface area (TPSA) is 75.7 Å². The first kappa shape index (κ1) is 19.7. The molecule has 1 heterocycles. The molecule has 1 N–H and O–H groups in total. The van der Waals surface area contributed by atoms with Crippen molar-refractivity contribution in [3.63, 3.8) is 0 Å². The molecule has 1 amide bonds. The second-order valence-corrected chi connectivity index (χ2v) is 8.66. The van der Waals surface area contributed by atoms with Crippen LogP contribution in [0.25, 0.3) is 0 Å². The summed E-state index contributed by atoms with van der Waals surface area (Å²) >= 11 is 0. The minimum Gasteiger partial charge on any atom is -0.484 e. The molecule has 0 saturated carbocycles. The first-order chi connectivity index (χ1) is 11.8. The minimum absolute atomic E-state index is 0.0829. The first-order valence-corrected chi connectivity index (χ1v) is 10.3. The van der Waals surface area contributed by atoms with Gasteiger partial charge < -0.3 is 10.1 Å². The Hall–Kier alpha value is -1.60. The number of ether oxygens (including phenoxy) is 1. The molecule has 1 fully saturated rings. The molecule has 0 spiro atoms. The van der Waals surface area contributed by atoms with E-state index in [4.69, 9.17) is 4.74 Å². The van der Waals surface area contributed by atoms with E-state index in [0.717, 1.165) is 19.3 Å². The highest BCUT2D eigenvalue weighted by atomic mass is 32.2. The van der Waals surface area contributed by atoms with Gasteiger partial charge in [0.05, 0.1) is 4.90 Å². The molecular formula is C18H28N2O4S. The van der Waals surface area contributed by atoms with E-state index < -0.39 is 10.0 Å². The zero-order valence-electron chi connectivity index (χ0n) is 15.2. The SMILES string of the molecule is CC[C@H](C)NC(=O)COc1ccc(S(=O)(=O)N2CCC(C)CC2)cc1. The Balaban J connectivity index is 1.94. The Kier molecular flexibility index (Phi) is 6.84. The second-order valence-electron chi connectivity index (χ2n) is 6.72. The van der Waals surface area contributed by atoms with Crippen LogP contribution in [0.4, 0.5) is 0 Å². The Morgan fingerprint density at radius 3 is 2.44 bits per heavy atom. The molecule has 0 radical (unpaired) electrons. The molecule has 0 bridgehead atoms. The van der Waals surface area contributed by atoms with Gasteiger partial charge >= 0.3 is 0 Å². The van der Waals surface area contributed by atoms with Crippen molar-refractivity contribution < 1.29 is 17.9 Å². The number of hydrogen-bond acceptors (Lipinski definition) is 4. The number of carbonyl (C=O) groups excluding carboxylic acids is 1. The van der Waals surface area contributed by atoms with Gasteiger partial charge in [0, 0.05) is 19.1 Å². The van der Waals surface area contributed by atoms with Crippen molar-refractivity contribution in [1.29, 1.82) is 0 Å². The average molecular weight is 368 g/mol. The van der Waals surface area contributed by atoms with E-state index in [9.17, 15) is 13.2 Å². The van der Waals surface area contributed by atoms with Crippen molar-refractivity contribution in [2.45, 2.75) is 51.0 Å². The normalized spacial score (nSPS) is 17.9. The fraction of sp³-hybridized carbons (Fsp3) is 0.611. The summed E-state index contributed by atoms with van der Waals surface area (Å²) in [6, 6.07) is 6.37. The molecule has 1 saturated heterocycles. The maximum Gasteiger partial charge on any atom is 0.258 e. The maximum absolute atomic E-state index is 12.6. The molecule has 1 aromatic carbocycles. The lowest BCUT2D eigenvalue weighted by atomic mass is 10.0. The maximum atomic E-state index is 12.6. The lowest BCUT2D eigenvalue weighted by Gasteiger charge is -2.29. The van der Waals surface area contributed by atoms with E-state index in [1.807, 2.05) is 13.8 Å². The van der Waals surface area contributed by atoms with Crippen LogP contribution in [0.1, 0.15) is 40.0 Å². The van der Waals surface area contributed by atoms with Gasteiger partial charge in [-0.05, 0) is 56.4 Å². The van der Waals surface area contributed by atoms with Crippen LogP contribution < -0.4 is 10.1 Å². The highest BCUT2D eigenvalue weighted by Gasteiger charge is 2.27. The fourth-order valence-electron chi connectivity index (χ4n) is 2.65. The molecule has 1 atom stereocenters. The zero-order valence-corrected chi connectivity index (χ0v) is 16.0. The molecule has 1 aliphatic heterocycles. The lowest BCUT2D eigenvalue weighted by Crippen LogP contribution is -2.37. The van der Waals surface area contributed by atoms with Crippen LogP contribution in [0.2, 0.25) is 0 Å². The van der Waals surface area contributed by atoms with Crippen LogP contribution in [-0.2, 0) is 14.8 Å². The molecule has 2 rings (SSSR count). The van der Waals surface area contributed by atoms with Crippen molar-refractivity contribution in [3.8, 4) is 5.75 Å². The number of rotatable bonds is 7. The first-order valence-electron chi connectivity index (χ1n) is 8.85. The van der Waals surface area contributed by atoms with Crippen LogP contribution >= 0.6 is 0 Å². The number of nitrogens with one attached hydrogen (secondary N) is 1. The molecule has 0 aromatic heterocycles. The van der Waals surface area contributed by atoms with Gasteiger partial charge in [-0.25, -0.2) is 8.42 Å². The highest BCUT2D eigenvalue weighted by molar-refractivity contribution is 7.89. The van der Waals surface area contributed by atoms with E-state index in [-0.39, 0.29) is 23.5 Å². The van der Waals surface area contributed by atoms with Gasteiger partial charge in [-0.3, -0.25) is 4.79 Å². The smallest absolute Gasteiger partial charge is 0.258 e. The van der Waals surface area contributed by atoms with Crippen molar-refractivity contribution in [2.75, 3.05) is 19.7 Å². The molecule has 140 valence electrons. The quantitative estimate of drug-likeness (QED) is 0.802. The Bertz CT molecular complexity index is 665. The van der Waals surface area contributed by atoms with Crippen LogP contribution in [0.5, 0.6) is 5.75 Å². The number of benzene rings is 1. The largest absolute Gasteiger partial charge is 0.484 e. The molecule has 0 aliphatic carbocycles. The molecule has 0 unspecified atom stereocenters. The van der Waals surface area contributed by atoms with Gasteiger partial charge in [0.15, 0.2) is 6.61 Å². The van der Waals surface area contributed by atoms with Gasteiger partial charge in [0.2, 0.25) is 10.0 Å². The summed E-state index contributed by atoms with van der Waals surface area (Å²) in [5.41, 5.74) is 0. The number of carbonyl (C=O) groups is 1. The third-order valence-electron chi connectivity index (χ3n) is 4.59. The zero-order chi connectivity index (χ0) is 18.4. The predicted molar refractivity (Wildman–Crippen MR) is 97.0 cm³/mol. The Labute approximate surface area is 150 Å². The van der Waals surface area contributed by atoms with E-state index in [1.165, 1.54) is 12.1 Å². The van der Waals surface area contributed by atoms with Gasteiger partial charge in [-0.2, -0.15) is 4.31 Å². The van der Waals surface area contributed by atoms with Crippen molar-refractivity contribution in [2.24, 2.45) is 5.92 Å². The summed E-state index contributed by atoms with van der Waals surface area (Å²) < 4.78 is 32.3. The summed E-state index contributed by atoms with van der Waals surface area (Å²) in [5.74, 6) is 0.864. The number of amides is 1. The molecule has 6 nitrogen and oxygen atoms in total. The highest BCUT2D eigenvalue weighted by Crippen LogP contribution is 2.24. The minimum atomic E-state index is -3.45. The lowest BCUT2D eigenvalue weighted by molar-refractivity contribution is -0.123. The van der Waals surface area contributed by atoms with Gasteiger partial charge in [-0.1, -0.05) is 13.8 Å². The summed E-state index contributed by atoms with van der Waals surface area (Å²) in [5, 5.41) is 2.82. The molecule has 7 heteroatoms. The molecule has 25 heavy (non-hydrogen) atoms. The van der Waals surface area contributed by atoms with Crippen LogP contribution in [0.3, 0.4) is 0 Å².